The summed E-state index contributed by atoms with van der Waals surface area (Å²) in [7, 11) is 1.16. The quantitative estimate of drug-likeness (QED) is 0.551. The molecule has 0 saturated heterocycles. The van der Waals surface area contributed by atoms with E-state index in [1.54, 1.807) is 0 Å². The highest BCUT2D eigenvalue weighted by Gasteiger charge is 2.13. The molecule has 0 saturated carbocycles. The van der Waals surface area contributed by atoms with E-state index in [4.69, 9.17) is 11.5 Å². The van der Waals surface area contributed by atoms with Gasteiger partial charge in [0.15, 0.2) is 0 Å². The maximum atomic E-state index is 13.0. The van der Waals surface area contributed by atoms with E-state index in [2.05, 4.69) is 4.74 Å². The van der Waals surface area contributed by atoms with Crippen LogP contribution in [0.25, 0.3) is 0 Å². The van der Waals surface area contributed by atoms with Gasteiger partial charge < -0.3 is 16.2 Å². The third-order valence-corrected chi connectivity index (χ3v) is 1.58. The number of nitrogens with two attached hydrogens (primary N) is 2. The van der Waals surface area contributed by atoms with Gasteiger partial charge in [0.05, 0.1) is 24.0 Å². The molecule has 0 unspecified atom stereocenters. The Morgan fingerprint density at radius 3 is 2.36 bits per heavy atom. The molecule has 0 heterocycles. The minimum atomic E-state index is -0.774. The summed E-state index contributed by atoms with van der Waals surface area (Å²) in [6.45, 7) is 0. The van der Waals surface area contributed by atoms with Gasteiger partial charge in [-0.25, -0.2) is 9.18 Å². The van der Waals surface area contributed by atoms with Crippen molar-refractivity contribution in [1.29, 1.82) is 0 Å². The number of carbonyl (C=O) groups is 1. The van der Waals surface area contributed by atoms with E-state index in [9.17, 15) is 9.18 Å². The summed E-state index contributed by atoms with van der Waals surface area (Å²) in [6.07, 6.45) is 0. The van der Waals surface area contributed by atoms with Crippen molar-refractivity contribution in [2.24, 2.45) is 0 Å². The fraction of sp³-hybridized carbons (Fsp3) is 0.125. The Bertz CT molecular complexity index is 357. The number of rotatable bonds is 1. The van der Waals surface area contributed by atoms with Crippen molar-refractivity contribution in [3.05, 3.63) is 23.5 Å². The molecule has 6 heteroatoms. The van der Waals surface area contributed by atoms with Crippen LogP contribution in [0.15, 0.2) is 12.1 Å². The summed E-state index contributed by atoms with van der Waals surface area (Å²) in [6, 6.07) is 2.14. The zero-order valence-corrected chi connectivity index (χ0v) is 8.23. The summed E-state index contributed by atoms with van der Waals surface area (Å²) < 4.78 is 17.4. The summed E-state index contributed by atoms with van der Waals surface area (Å²) in [5.74, 6) is -1.51. The normalized spacial score (nSPS) is 9.00. The molecule has 0 atom stereocenters. The zero-order chi connectivity index (χ0) is 10.0. The fourth-order valence-electron chi connectivity index (χ4n) is 0.872. The van der Waals surface area contributed by atoms with Crippen molar-refractivity contribution in [2.75, 3.05) is 18.6 Å². The van der Waals surface area contributed by atoms with Crippen molar-refractivity contribution in [3.8, 4) is 0 Å². The minimum Gasteiger partial charge on any atom is -0.465 e. The Morgan fingerprint density at radius 2 is 1.86 bits per heavy atom. The Labute approximate surface area is 86.4 Å². The summed E-state index contributed by atoms with van der Waals surface area (Å²) in [5, 5.41) is 0. The first-order valence-electron chi connectivity index (χ1n) is 3.49. The highest BCUT2D eigenvalue weighted by Crippen LogP contribution is 2.20. The number of methoxy groups -OCH3 is 1. The molecule has 0 aliphatic rings. The molecule has 78 valence electrons. The van der Waals surface area contributed by atoms with Gasteiger partial charge in [-0.05, 0) is 12.1 Å². The minimum absolute atomic E-state index is 0. The van der Waals surface area contributed by atoms with Crippen LogP contribution in [-0.4, -0.2) is 13.1 Å². The predicted octanol–water partition coefficient (Wildman–Crippen LogP) is 1.20. The Hall–Kier alpha value is -1.49. The number of halogens is 2. The van der Waals surface area contributed by atoms with Gasteiger partial charge in [0.25, 0.3) is 0 Å². The lowest BCUT2D eigenvalue weighted by atomic mass is 10.1. The maximum absolute atomic E-state index is 13.0. The van der Waals surface area contributed by atoms with Crippen LogP contribution in [0.5, 0.6) is 0 Å². The molecule has 14 heavy (non-hydrogen) atoms. The second-order valence-corrected chi connectivity index (χ2v) is 2.45. The second-order valence-electron chi connectivity index (χ2n) is 2.45. The molecule has 0 bridgehead atoms. The number of esters is 1. The third kappa shape index (κ3) is 2.26. The first-order chi connectivity index (χ1) is 6.06. The zero-order valence-electron chi connectivity index (χ0n) is 7.41. The van der Waals surface area contributed by atoms with Crippen LogP contribution < -0.4 is 11.5 Å². The molecule has 1 rings (SSSR count). The lowest BCUT2D eigenvalue weighted by Gasteiger charge is -2.04. The van der Waals surface area contributed by atoms with Gasteiger partial charge in [-0.2, -0.15) is 0 Å². The monoisotopic (exact) mass is 220 g/mol. The van der Waals surface area contributed by atoms with E-state index < -0.39 is 11.8 Å². The van der Waals surface area contributed by atoms with Gasteiger partial charge in [0.1, 0.15) is 5.82 Å². The molecule has 0 spiro atoms. The maximum Gasteiger partial charge on any atom is 0.340 e. The molecule has 4 nitrogen and oxygen atoms in total. The number of anilines is 2. The molecular weight excluding hydrogens is 211 g/mol. The number of hydrogen-bond donors (Lipinski definition) is 2. The molecule has 1 aromatic carbocycles. The van der Waals surface area contributed by atoms with Gasteiger partial charge in [0, 0.05) is 0 Å². The van der Waals surface area contributed by atoms with Crippen LogP contribution in [0.1, 0.15) is 10.4 Å². The first kappa shape index (κ1) is 12.5. The molecular formula is C8H10ClFN2O2. The summed E-state index contributed by atoms with van der Waals surface area (Å²) in [5.41, 5.74) is 10.7. The van der Waals surface area contributed by atoms with Gasteiger partial charge in [-0.1, -0.05) is 0 Å². The van der Waals surface area contributed by atoms with E-state index in [0.717, 1.165) is 19.2 Å². The van der Waals surface area contributed by atoms with Crippen LogP contribution in [0.3, 0.4) is 0 Å². The van der Waals surface area contributed by atoms with Crippen LogP contribution in [0, 0.1) is 5.82 Å². The van der Waals surface area contributed by atoms with Crippen molar-refractivity contribution < 1.29 is 13.9 Å². The van der Waals surface area contributed by atoms with E-state index >= 15 is 0 Å². The highest BCUT2D eigenvalue weighted by atomic mass is 35.5. The number of hydrogen-bond acceptors (Lipinski definition) is 4. The number of nitrogen functional groups attached to an aromatic ring is 2. The Balaban J connectivity index is 0.00000169. The largest absolute Gasteiger partial charge is 0.465 e. The predicted molar refractivity (Wildman–Crippen MR) is 53.8 cm³/mol. The highest BCUT2D eigenvalue weighted by molar-refractivity contribution is 5.92. The smallest absolute Gasteiger partial charge is 0.340 e. The van der Waals surface area contributed by atoms with Gasteiger partial charge in [-0.3, -0.25) is 0 Å². The van der Waals surface area contributed by atoms with E-state index in [1.807, 2.05) is 0 Å². The van der Waals surface area contributed by atoms with Crippen LogP contribution in [0.4, 0.5) is 15.8 Å². The van der Waals surface area contributed by atoms with E-state index in [0.29, 0.717) is 0 Å². The lowest BCUT2D eigenvalue weighted by Crippen LogP contribution is -2.07. The molecule has 0 fully saturated rings. The molecule has 4 N–H and O–H groups in total. The van der Waals surface area contributed by atoms with Gasteiger partial charge in [-0.15, -0.1) is 12.4 Å². The fourth-order valence-corrected chi connectivity index (χ4v) is 0.872. The Kier molecular flexibility index (Phi) is 4.17. The topological polar surface area (TPSA) is 78.3 Å². The van der Waals surface area contributed by atoms with Crippen LogP contribution in [0.2, 0.25) is 0 Å². The van der Waals surface area contributed by atoms with Crippen molar-refractivity contribution in [1.82, 2.24) is 0 Å². The van der Waals surface area contributed by atoms with Crippen LogP contribution in [-0.2, 0) is 4.74 Å². The summed E-state index contributed by atoms with van der Waals surface area (Å²) >= 11 is 0. The number of carbonyl (C=O) groups excluding carboxylic acids is 1. The second kappa shape index (κ2) is 4.66. The van der Waals surface area contributed by atoms with E-state index in [-0.39, 0.29) is 29.3 Å². The molecule has 0 aliphatic carbocycles. The third-order valence-electron chi connectivity index (χ3n) is 1.58. The van der Waals surface area contributed by atoms with Gasteiger partial charge in [0.2, 0.25) is 0 Å². The molecule has 1 aromatic rings. The lowest BCUT2D eigenvalue weighted by molar-refractivity contribution is 0.0595. The molecule has 0 aliphatic heterocycles. The van der Waals surface area contributed by atoms with E-state index in [1.165, 1.54) is 0 Å². The summed E-state index contributed by atoms with van der Waals surface area (Å²) in [4.78, 5) is 10.9. The number of ether oxygens (including phenoxy) is 1. The van der Waals surface area contributed by atoms with Crippen molar-refractivity contribution in [3.63, 3.8) is 0 Å². The van der Waals surface area contributed by atoms with Gasteiger partial charge >= 0.3 is 5.97 Å². The average molecular weight is 221 g/mol. The molecule has 0 radical (unpaired) electrons. The average Bonchev–Trinajstić information content (AvgIpc) is 2.10. The number of benzene rings is 1. The first-order valence-corrected chi connectivity index (χ1v) is 3.49. The van der Waals surface area contributed by atoms with Crippen molar-refractivity contribution >= 4 is 29.8 Å². The van der Waals surface area contributed by atoms with Crippen LogP contribution >= 0.6 is 12.4 Å². The SMILES string of the molecule is COC(=O)c1cc(N)c(N)cc1F.Cl. The molecule has 0 aromatic heterocycles. The molecule has 0 amide bonds. The standard InChI is InChI=1S/C8H9FN2O2.ClH/c1-13-8(12)4-2-6(10)7(11)3-5(4)9;/h2-3H,10-11H2,1H3;1H. The Morgan fingerprint density at radius 1 is 1.36 bits per heavy atom. The van der Waals surface area contributed by atoms with Crippen molar-refractivity contribution in [2.45, 2.75) is 0 Å².